The molecule has 2 aromatic carbocycles. The summed E-state index contributed by atoms with van der Waals surface area (Å²) in [5.74, 6) is -1.02. The highest BCUT2D eigenvalue weighted by Gasteiger charge is 2.13. The molecule has 0 aliphatic rings. The van der Waals surface area contributed by atoms with E-state index in [2.05, 4.69) is 15.9 Å². The monoisotopic (exact) mass is 302 g/mol. The topological polar surface area (TPSA) is 0 Å². The normalized spacial score (nSPS) is 10.5. The van der Waals surface area contributed by atoms with Crippen LogP contribution in [-0.4, -0.2) is 0 Å². The molecule has 0 unspecified atom stereocenters. The molecule has 0 aliphatic heterocycles. The quantitative estimate of drug-likeness (QED) is 0.692. The van der Waals surface area contributed by atoms with E-state index in [0.29, 0.717) is 4.47 Å². The molecule has 0 nitrogen and oxygen atoms in total. The molecule has 0 bridgehead atoms. The fraction of sp³-hybridized carbons (Fsp3) is 0. The third-order valence-corrected chi connectivity index (χ3v) is 3.06. The SMILES string of the molecule is Fc1cc(Cl)ccc1-c1c(F)cccc1Br. The Morgan fingerprint density at radius 1 is 1.00 bits per heavy atom. The molecule has 2 rings (SSSR count). The van der Waals surface area contributed by atoms with Gasteiger partial charge in [-0.1, -0.05) is 33.6 Å². The van der Waals surface area contributed by atoms with Crippen LogP contribution in [0.4, 0.5) is 8.78 Å². The predicted molar refractivity (Wildman–Crippen MR) is 64.5 cm³/mol. The first kappa shape index (κ1) is 11.6. The fourth-order valence-corrected chi connectivity index (χ4v) is 2.16. The minimum absolute atomic E-state index is 0.189. The summed E-state index contributed by atoms with van der Waals surface area (Å²) < 4.78 is 27.7. The van der Waals surface area contributed by atoms with Crippen LogP contribution < -0.4 is 0 Å². The second-order valence-corrected chi connectivity index (χ2v) is 4.51. The van der Waals surface area contributed by atoms with Crippen LogP contribution >= 0.6 is 27.5 Å². The molecular weight excluding hydrogens is 297 g/mol. The maximum Gasteiger partial charge on any atom is 0.132 e. The number of halogens is 4. The Balaban J connectivity index is 2.68. The van der Waals surface area contributed by atoms with Crippen LogP contribution in [0.1, 0.15) is 0 Å². The van der Waals surface area contributed by atoms with E-state index in [0.717, 1.165) is 6.07 Å². The lowest BCUT2D eigenvalue weighted by atomic mass is 10.0. The Morgan fingerprint density at radius 2 is 1.75 bits per heavy atom. The van der Waals surface area contributed by atoms with Crippen molar-refractivity contribution < 1.29 is 8.78 Å². The van der Waals surface area contributed by atoms with Gasteiger partial charge >= 0.3 is 0 Å². The number of hydrogen-bond acceptors (Lipinski definition) is 0. The van der Waals surface area contributed by atoms with Gasteiger partial charge in [0.25, 0.3) is 0 Å². The lowest BCUT2D eigenvalue weighted by Crippen LogP contribution is -1.89. The van der Waals surface area contributed by atoms with Crippen LogP contribution in [0.5, 0.6) is 0 Å². The van der Waals surface area contributed by atoms with E-state index < -0.39 is 11.6 Å². The van der Waals surface area contributed by atoms with Gasteiger partial charge in [-0.15, -0.1) is 0 Å². The predicted octanol–water partition coefficient (Wildman–Crippen LogP) is 5.05. The highest BCUT2D eigenvalue weighted by Crippen LogP contribution is 2.33. The zero-order chi connectivity index (χ0) is 11.7. The third kappa shape index (κ3) is 2.11. The lowest BCUT2D eigenvalue weighted by Gasteiger charge is -2.07. The van der Waals surface area contributed by atoms with Crippen molar-refractivity contribution in [1.29, 1.82) is 0 Å². The summed E-state index contributed by atoms with van der Waals surface area (Å²) in [5.41, 5.74) is 0.394. The van der Waals surface area contributed by atoms with Crippen LogP contribution in [0.25, 0.3) is 11.1 Å². The van der Waals surface area contributed by atoms with E-state index >= 15 is 0 Å². The zero-order valence-electron chi connectivity index (χ0n) is 7.98. The molecule has 0 saturated carbocycles. The van der Waals surface area contributed by atoms with Crippen molar-refractivity contribution in [2.24, 2.45) is 0 Å². The van der Waals surface area contributed by atoms with E-state index in [1.807, 2.05) is 0 Å². The molecule has 0 saturated heterocycles. The van der Waals surface area contributed by atoms with Crippen molar-refractivity contribution in [2.75, 3.05) is 0 Å². The van der Waals surface area contributed by atoms with Crippen molar-refractivity contribution in [2.45, 2.75) is 0 Å². The summed E-state index contributed by atoms with van der Waals surface area (Å²) in [6, 6.07) is 8.65. The Bertz CT molecular complexity index is 520. The molecule has 0 atom stereocenters. The minimum Gasteiger partial charge on any atom is -0.206 e. The Morgan fingerprint density at radius 3 is 2.38 bits per heavy atom. The minimum atomic E-state index is -0.543. The van der Waals surface area contributed by atoms with Gasteiger partial charge in [0.05, 0.1) is 0 Å². The van der Waals surface area contributed by atoms with Crippen molar-refractivity contribution in [1.82, 2.24) is 0 Å². The van der Waals surface area contributed by atoms with Gasteiger partial charge in [-0.3, -0.25) is 0 Å². The average molecular weight is 304 g/mol. The lowest BCUT2D eigenvalue weighted by molar-refractivity contribution is 0.616. The molecule has 4 heteroatoms. The van der Waals surface area contributed by atoms with E-state index in [4.69, 9.17) is 11.6 Å². The molecule has 0 amide bonds. The van der Waals surface area contributed by atoms with Crippen LogP contribution in [0, 0.1) is 11.6 Å². The molecular formula is C12H6BrClF2. The van der Waals surface area contributed by atoms with Gasteiger partial charge in [-0.25, -0.2) is 8.78 Å². The Hall–Kier alpha value is -0.930. The maximum atomic E-state index is 13.6. The van der Waals surface area contributed by atoms with Gasteiger partial charge in [0.1, 0.15) is 11.6 Å². The zero-order valence-corrected chi connectivity index (χ0v) is 10.3. The smallest absolute Gasteiger partial charge is 0.132 e. The number of benzene rings is 2. The summed E-state index contributed by atoms with van der Waals surface area (Å²) >= 11 is 8.84. The van der Waals surface area contributed by atoms with Gasteiger partial charge in [-0.2, -0.15) is 0 Å². The van der Waals surface area contributed by atoms with Crippen molar-refractivity contribution in [3.05, 3.63) is 57.5 Å². The van der Waals surface area contributed by atoms with Crippen LogP contribution in [0.2, 0.25) is 5.02 Å². The van der Waals surface area contributed by atoms with Crippen LogP contribution in [0.15, 0.2) is 40.9 Å². The number of hydrogen-bond donors (Lipinski definition) is 0. The van der Waals surface area contributed by atoms with Gasteiger partial charge in [0.2, 0.25) is 0 Å². The highest BCUT2D eigenvalue weighted by atomic mass is 79.9. The summed E-state index contributed by atoms with van der Waals surface area (Å²) in [4.78, 5) is 0. The third-order valence-electron chi connectivity index (χ3n) is 2.16. The molecule has 0 N–H and O–H groups in total. The van der Waals surface area contributed by atoms with Gasteiger partial charge < -0.3 is 0 Å². The van der Waals surface area contributed by atoms with Gasteiger partial charge in [0.15, 0.2) is 0 Å². The standard InChI is InChI=1S/C12H6BrClF2/c13-9-2-1-3-10(15)12(9)8-5-4-7(14)6-11(8)16/h1-6H. The first-order valence-electron chi connectivity index (χ1n) is 4.49. The van der Waals surface area contributed by atoms with Crippen molar-refractivity contribution in [3.63, 3.8) is 0 Å². The molecule has 82 valence electrons. The van der Waals surface area contributed by atoms with Gasteiger partial charge in [-0.05, 0) is 30.3 Å². The van der Waals surface area contributed by atoms with E-state index in [-0.39, 0.29) is 16.1 Å². The van der Waals surface area contributed by atoms with Crippen molar-refractivity contribution >= 4 is 27.5 Å². The molecule has 0 aromatic heterocycles. The maximum absolute atomic E-state index is 13.6. The first-order valence-corrected chi connectivity index (χ1v) is 5.66. The molecule has 0 fully saturated rings. The second kappa shape index (κ2) is 4.52. The Kier molecular flexibility index (Phi) is 3.26. The van der Waals surface area contributed by atoms with E-state index in [9.17, 15) is 8.78 Å². The fourth-order valence-electron chi connectivity index (χ4n) is 1.45. The second-order valence-electron chi connectivity index (χ2n) is 3.22. The molecule has 2 aromatic rings. The number of rotatable bonds is 1. The largest absolute Gasteiger partial charge is 0.206 e. The van der Waals surface area contributed by atoms with Crippen LogP contribution in [0.3, 0.4) is 0 Å². The average Bonchev–Trinajstić information content (AvgIpc) is 2.20. The van der Waals surface area contributed by atoms with Crippen LogP contribution in [-0.2, 0) is 0 Å². The summed E-state index contributed by atoms with van der Waals surface area (Å²) in [7, 11) is 0. The Labute approximate surface area is 105 Å². The molecule has 16 heavy (non-hydrogen) atoms. The molecule has 0 radical (unpaired) electrons. The summed E-state index contributed by atoms with van der Waals surface area (Å²) in [5, 5.41) is 0.286. The molecule has 0 heterocycles. The molecule has 0 spiro atoms. The summed E-state index contributed by atoms with van der Waals surface area (Å²) in [6.07, 6.45) is 0. The molecule has 0 aliphatic carbocycles. The van der Waals surface area contributed by atoms with Gasteiger partial charge in [0, 0.05) is 20.6 Å². The van der Waals surface area contributed by atoms with E-state index in [1.54, 1.807) is 12.1 Å². The first-order chi connectivity index (χ1) is 7.59. The van der Waals surface area contributed by atoms with Crippen molar-refractivity contribution in [3.8, 4) is 11.1 Å². The summed E-state index contributed by atoms with van der Waals surface area (Å²) in [6.45, 7) is 0. The van der Waals surface area contributed by atoms with E-state index in [1.165, 1.54) is 18.2 Å². The highest BCUT2D eigenvalue weighted by molar-refractivity contribution is 9.10.